The molecule has 0 saturated carbocycles. The number of piperidine rings is 1. The van der Waals surface area contributed by atoms with Gasteiger partial charge in [-0.25, -0.2) is 0 Å². The molecule has 4 nitrogen and oxygen atoms in total. The zero-order valence-corrected chi connectivity index (χ0v) is 11.6. The minimum absolute atomic E-state index is 0.295. The third-order valence-corrected chi connectivity index (χ3v) is 3.83. The van der Waals surface area contributed by atoms with Crippen LogP contribution in [0.25, 0.3) is 0 Å². The second kappa shape index (κ2) is 4.84. The van der Waals surface area contributed by atoms with Gasteiger partial charge in [-0.05, 0) is 25.9 Å². The first-order valence-electron chi connectivity index (χ1n) is 6.70. The van der Waals surface area contributed by atoms with Gasteiger partial charge in [0.2, 0.25) is 0 Å². The number of nitrogens with zero attached hydrogens (tertiary/aromatic N) is 2. The Morgan fingerprint density at radius 1 is 1.47 bits per heavy atom. The van der Waals surface area contributed by atoms with Crippen LogP contribution in [0, 0.1) is 11.3 Å². The van der Waals surface area contributed by atoms with E-state index in [2.05, 4.69) is 48.3 Å². The van der Waals surface area contributed by atoms with Crippen LogP contribution in [0.3, 0.4) is 0 Å². The molecule has 17 heavy (non-hydrogen) atoms. The zero-order valence-electron chi connectivity index (χ0n) is 11.6. The lowest BCUT2D eigenvalue weighted by molar-refractivity contribution is 0.185. The molecule has 1 fully saturated rings. The van der Waals surface area contributed by atoms with Crippen molar-refractivity contribution in [2.45, 2.75) is 33.2 Å². The smallest absolute Gasteiger partial charge is 0.191 e. The van der Waals surface area contributed by atoms with E-state index in [0.717, 1.165) is 19.0 Å². The van der Waals surface area contributed by atoms with Gasteiger partial charge in [0.1, 0.15) is 0 Å². The molecule has 2 atom stereocenters. The van der Waals surface area contributed by atoms with Crippen molar-refractivity contribution in [3.63, 3.8) is 0 Å². The fourth-order valence-electron chi connectivity index (χ4n) is 2.57. The van der Waals surface area contributed by atoms with Crippen LogP contribution in [0.1, 0.15) is 27.2 Å². The molecule has 2 heterocycles. The van der Waals surface area contributed by atoms with E-state index in [4.69, 9.17) is 0 Å². The second-order valence-corrected chi connectivity index (χ2v) is 6.46. The molecule has 2 N–H and O–H groups in total. The predicted octanol–water partition coefficient (Wildman–Crippen LogP) is 0.902. The Labute approximate surface area is 105 Å². The van der Waals surface area contributed by atoms with E-state index < -0.39 is 0 Å². The normalized spacial score (nSPS) is 33.8. The lowest BCUT2D eigenvalue weighted by Crippen LogP contribution is -2.55. The maximum atomic E-state index is 4.61. The number of hydrogen-bond donors (Lipinski definition) is 2. The van der Waals surface area contributed by atoms with E-state index in [-0.39, 0.29) is 0 Å². The molecule has 0 spiro atoms. The van der Waals surface area contributed by atoms with Crippen molar-refractivity contribution in [3.05, 3.63) is 0 Å². The predicted molar refractivity (Wildman–Crippen MR) is 72.3 cm³/mol. The molecule has 0 aromatic rings. The highest BCUT2D eigenvalue weighted by Gasteiger charge is 2.27. The van der Waals surface area contributed by atoms with Crippen LogP contribution in [0.2, 0.25) is 0 Å². The molecule has 0 aromatic heterocycles. The monoisotopic (exact) mass is 238 g/mol. The standard InChI is InChI=1S/C13H26N4/c1-10-7-17(4)6-5-11(10)16-12-14-8-13(2,3)9-15-12/h10-11H,5-9H2,1-4H3,(H2,14,15,16). The van der Waals surface area contributed by atoms with Gasteiger partial charge in [0, 0.05) is 31.1 Å². The SMILES string of the molecule is CC1CN(C)CCC1NC1=NCC(C)(C)CN1. The van der Waals surface area contributed by atoms with Crippen LogP contribution in [-0.2, 0) is 0 Å². The molecule has 0 aliphatic carbocycles. The number of guanidine groups is 1. The fraction of sp³-hybridized carbons (Fsp3) is 0.923. The van der Waals surface area contributed by atoms with Crippen LogP contribution in [0.15, 0.2) is 4.99 Å². The summed E-state index contributed by atoms with van der Waals surface area (Å²) in [6.07, 6.45) is 1.21. The first kappa shape index (κ1) is 12.7. The number of nitrogens with one attached hydrogen (secondary N) is 2. The lowest BCUT2D eigenvalue weighted by atomic mass is 9.92. The van der Waals surface area contributed by atoms with Gasteiger partial charge >= 0.3 is 0 Å². The van der Waals surface area contributed by atoms with Gasteiger partial charge in [-0.2, -0.15) is 0 Å². The topological polar surface area (TPSA) is 39.7 Å². The largest absolute Gasteiger partial charge is 0.356 e. The maximum absolute atomic E-state index is 4.61. The van der Waals surface area contributed by atoms with Crippen molar-refractivity contribution < 1.29 is 0 Å². The third-order valence-electron chi connectivity index (χ3n) is 3.83. The summed E-state index contributed by atoms with van der Waals surface area (Å²) in [5.41, 5.74) is 0.295. The summed E-state index contributed by atoms with van der Waals surface area (Å²) in [4.78, 5) is 7.02. The highest BCUT2D eigenvalue weighted by Crippen LogP contribution is 2.18. The summed E-state index contributed by atoms with van der Waals surface area (Å²) in [5.74, 6) is 1.69. The Bertz CT molecular complexity index is 298. The van der Waals surface area contributed by atoms with Gasteiger partial charge in [-0.1, -0.05) is 20.8 Å². The molecular formula is C13H26N4. The first-order valence-corrected chi connectivity index (χ1v) is 6.70. The van der Waals surface area contributed by atoms with E-state index in [0.29, 0.717) is 17.4 Å². The first-order chi connectivity index (χ1) is 7.96. The summed E-state index contributed by atoms with van der Waals surface area (Å²) in [6.45, 7) is 11.1. The fourth-order valence-corrected chi connectivity index (χ4v) is 2.57. The molecule has 0 bridgehead atoms. The van der Waals surface area contributed by atoms with Crippen molar-refractivity contribution in [2.75, 3.05) is 33.2 Å². The van der Waals surface area contributed by atoms with Gasteiger partial charge in [0.15, 0.2) is 5.96 Å². The van der Waals surface area contributed by atoms with E-state index in [9.17, 15) is 0 Å². The molecule has 2 rings (SSSR count). The van der Waals surface area contributed by atoms with Gasteiger partial charge in [-0.15, -0.1) is 0 Å². The molecule has 2 aliphatic heterocycles. The number of hydrogen-bond acceptors (Lipinski definition) is 4. The second-order valence-electron chi connectivity index (χ2n) is 6.46. The van der Waals surface area contributed by atoms with Gasteiger partial charge in [0.05, 0.1) is 0 Å². The Hall–Kier alpha value is -0.770. The summed E-state index contributed by atoms with van der Waals surface area (Å²) in [7, 11) is 2.20. The number of rotatable bonds is 1. The molecule has 1 saturated heterocycles. The highest BCUT2D eigenvalue weighted by molar-refractivity contribution is 5.80. The molecular weight excluding hydrogens is 212 g/mol. The third kappa shape index (κ3) is 3.35. The van der Waals surface area contributed by atoms with Gasteiger partial charge in [-0.3, -0.25) is 4.99 Å². The molecule has 2 unspecified atom stereocenters. The molecule has 0 aromatic carbocycles. The van der Waals surface area contributed by atoms with E-state index in [1.807, 2.05) is 0 Å². The molecule has 0 radical (unpaired) electrons. The maximum Gasteiger partial charge on any atom is 0.191 e. The average Bonchev–Trinajstić information content (AvgIpc) is 2.25. The Morgan fingerprint density at radius 3 is 2.82 bits per heavy atom. The summed E-state index contributed by atoms with van der Waals surface area (Å²) < 4.78 is 0. The lowest BCUT2D eigenvalue weighted by Gasteiger charge is -2.37. The molecule has 4 heteroatoms. The highest BCUT2D eigenvalue weighted by atomic mass is 15.2. The number of likely N-dealkylation sites (tertiary alicyclic amines) is 1. The van der Waals surface area contributed by atoms with E-state index in [1.165, 1.54) is 19.5 Å². The van der Waals surface area contributed by atoms with Crippen molar-refractivity contribution >= 4 is 5.96 Å². The van der Waals surface area contributed by atoms with Crippen LogP contribution in [-0.4, -0.2) is 50.1 Å². The molecule has 98 valence electrons. The van der Waals surface area contributed by atoms with Crippen molar-refractivity contribution in [3.8, 4) is 0 Å². The summed E-state index contributed by atoms with van der Waals surface area (Å²) >= 11 is 0. The van der Waals surface area contributed by atoms with Gasteiger partial charge in [0.25, 0.3) is 0 Å². The van der Waals surface area contributed by atoms with Crippen LogP contribution in [0.5, 0.6) is 0 Å². The summed E-state index contributed by atoms with van der Waals surface area (Å²) in [6, 6.07) is 0.568. The van der Waals surface area contributed by atoms with Crippen LogP contribution < -0.4 is 10.6 Å². The molecule has 0 amide bonds. The average molecular weight is 238 g/mol. The minimum Gasteiger partial charge on any atom is -0.356 e. The summed E-state index contributed by atoms with van der Waals surface area (Å²) in [5, 5.41) is 6.99. The minimum atomic E-state index is 0.295. The Morgan fingerprint density at radius 2 is 2.24 bits per heavy atom. The van der Waals surface area contributed by atoms with E-state index >= 15 is 0 Å². The van der Waals surface area contributed by atoms with E-state index in [1.54, 1.807) is 0 Å². The Balaban J connectivity index is 1.87. The van der Waals surface area contributed by atoms with Crippen LogP contribution in [0.4, 0.5) is 0 Å². The molecule has 2 aliphatic rings. The van der Waals surface area contributed by atoms with Crippen molar-refractivity contribution in [1.82, 2.24) is 15.5 Å². The van der Waals surface area contributed by atoms with Crippen molar-refractivity contribution in [1.29, 1.82) is 0 Å². The quantitative estimate of drug-likeness (QED) is 0.713. The Kier molecular flexibility index (Phi) is 3.61. The van der Waals surface area contributed by atoms with Crippen LogP contribution >= 0.6 is 0 Å². The van der Waals surface area contributed by atoms with Crippen molar-refractivity contribution in [2.24, 2.45) is 16.3 Å². The number of aliphatic imine (C=N–C) groups is 1. The zero-order chi connectivity index (χ0) is 12.5. The van der Waals surface area contributed by atoms with Gasteiger partial charge < -0.3 is 15.5 Å².